The number of carbonyl (C=O) groups is 1. The molecule has 112 valence electrons. The first kappa shape index (κ1) is 15.4. The van der Waals surface area contributed by atoms with Gasteiger partial charge in [0.05, 0.1) is 6.26 Å². The molecule has 2 N–H and O–H groups in total. The van der Waals surface area contributed by atoms with Crippen molar-refractivity contribution in [2.24, 2.45) is 0 Å². The Morgan fingerprint density at radius 2 is 2.30 bits per heavy atom. The Hall–Kier alpha value is -0.940. The van der Waals surface area contributed by atoms with Crippen LogP contribution in [0.1, 0.15) is 44.8 Å². The van der Waals surface area contributed by atoms with Crippen LogP contribution in [0.25, 0.3) is 0 Å². The minimum Gasteiger partial charge on any atom is -0.480 e. The van der Waals surface area contributed by atoms with E-state index in [0.717, 1.165) is 37.2 Å². The van der Waals surface area contributed by atoms with Gasteiger partial charge in [-0.15, -0.1) is 11.8 Å². The van der Waals surface area contributed by atoms with Crippen molar-refractivity contribution >= 4 is 17.7 Å². The van der Waals surface area contributed by atoms with Gasteiger partial charge in [-0.05, 0) is 51.3 Å². The van der Waals surface area contributed by atoms with E-state index < -0.39 is 11.5 Å². The minimum absolute atomic E-state index is 0.416. The second-order valence-electron chi connectivity index (χ2n) is 5.70. The van der Waals surface area contributed by atoms with Crippen LogP contribution in [-0.4, -0.2) is 28.4 Å². The summed E-state index contributed by atoms with van der Waals surface area (Å²) in [5.41, 5.74) is -0.766. The van der Waals surface area contributed by atoms with Gasteiger partial charge in [0.2, 0.25) is 0 Å². The van der Waals surface area contributed by atoms with E-state index in [4.69, 9.17) is 4.42 Å². The number of rotatable bonds is 9. The second-order valence-corrected chi connectivity index (χ2v) is 6.84. The molecule has 1 atom stereocenters. The van der Waals surface area contributed by atoms with Crippen molar-refractivity contribution in [1.29, 1.82) is 0 Å². The first-order chi connectivity index (χ1) is 9.51. The van der Waals surface area contributed by atoms with E-state index in [1.165, 1.54) is 4.90 Å². The van der Waals surface area contributed by atoms with E-state index in [2.05, 4.69) is 5.32 Å². The Morgan fingerprint density at radius 1 is 1.55 bits per heavy atom. The number of aryl methyl sites for hydroxylation is 1. The van der Waals surface area contributed by atoms with Gasteiger partial charge in [-0.25, -0.2) is 0 Å². The predicted octanol–water partition coefficient (Wildman–Crippen LogP) is 3.45. The van der Waals surface area contributed by atoms with Gasteiger partial charge in [-0.2, -0.15) is 0 Å². The second kappa shape index (κ2) is 6.68. The van der Waals surface area contributed by atoms with Gasteiger partial charge in [0.25, 0.3) is 0 Å². The maximum absolute atomic E-state index is 11.4. The number of carboxylic acid groups (broad SMARTS) is 1. The minimum atomic E-state index is -0.766. The average molecular weight is 297 g/mol. The van der Waals surface area contributed by atoms with Crippen molar-refractivity contribution in [3.63, 3.8) is 0 Å². The van der Waals surface area contributed by atoms with Gasteiger partial charge in [0, 0.05) is 10.9 Å². The lowest BCUT2D eigenvalue weighted by atomic mass is 9.95. The van der Waals surface area contributed by atoms with Gasteiger partial charge in [-0.3, -0.25) is 10.1 Å². The molecule has 1 saturated carbocycles. The standard InChI is InChI=1S/C15H23NO3S/c1-11-13(7-9-19-11)20-10-4-3-8-15(2,14(17)18)16-12-5-6-12/h7,9,12,16H,3-6,8,10H2,1-2H3,(H,17,18). The van der Waals surface area contributed by atoms with Crippen molar-refractivity contribution < 1.29 is 14.3 Å². The van der Waals surface area contributed by atoms with Crippen LogP contribution in [0.4, 0.5) is 0 Å². The molecule has 2 rings (SSSR count). The highest BCUT2D eigenvalue weighted by molar-refractivity contribution is 7.99. The molecular weight excluding hydrogens is 274 g/mol. The quantitative estimate of drug-likeness (QED) is 0.540. The summed E-state index contributed by atoms with van der Waals surface area (Å²) < 4.78 is 5.25. The average Bonchev–Trinajstić information content (AvgIpc) is 3.10. The number of unbranched alkanes of at least 4 members (excludes halogenated alkanes) is 1. The van der Waals surface area contributed by atoms with Crippen LogP contribution in [-0.2, 0) is 4.79 Å². The highest BCUT2D eigenvalue weighted by Crippen LogP contribution is 2.27. The third-order valence-corrected chi connectivity index (χ3v) is 4.94. The fourth-order valence-electron chi connectivity index (χ4n) is 2.20. The number of carboxylic acids is 1. The van der Waals surface area contributed by atoms with E-state index in [1.54, 1.807) is 24.9 Å². The smallest absolute Gasteiger partial charge is 0.323 e. The molecule has 0 aromatic carbocycles. The summed E-state index contributed by atoms with van der Waals surface area (Å²) in [6.45, 7) is 3.77. The molecule has 1 unspecified atom stereocenters. The molecule has 0 radical (unpaired) electrons. The molecule has 1 aliphatic rings. The highest BCUT2D eigenvalue weighted by atomic mass is 32.2. The first-order valence-electron chi connectivity index (χ1n) is 7.19. The van der Waals surface area contributed by atoms with Crippen LogP contribution in [0.15, 0.2) is 21.6 Å². The Balaban J connectivity index is 1.68. The zero-order valence-corrected chi connectivity index (χ0v) is 13.0. The first-order valence-corrected chi connectivity index (χ1v) is 8.18. The van der Waals surface area contributed by atoms with E-state index in [-0.39, 0.29) is 0 Å². The molecule has 4 nitrogen and oxygen atoms in total. The molecule has 0 bridgehead atoms. The van der Waals surface area contributed by atoms with E-state index in [1.807, 2.05) is 13.0 Å². The predicted molar refractivity (Wildman–Crippen MR) is 80.2 cm³/mol. The third kappa shape index (κ3) is 4.28. The van der Waals surface area contributed by atoms with Gasteiger partial charge in [0.1, 0.15) is 11.3 Å². The van der Waals surface area contributed by atoms with Gasteiger partial charge >= 0.3 is 5.97 Å². The fourth-order valence-corrected chi connectivity index (χ4v) is 3.18. The maximum Gasteiger partial charge on any atom is 0.323 e. The Kier molecular flexibility index (Phi) is 5.16. The summed E-state index contributed by atoms with van der Waals surface area (Å²) >= 11 is 1.78. The van der Waals surface area contributed by atoms with Crippen LogP contribution >= 0.6 is 11.8 Å². The lowest BCUT2D eigenvalue weighted by Gasteiger charge is -2.26. The summed E-state index contributed by atoms with van der Waals surface area (Å²) in [7, 11) is 0. The molecular formula is C15H23NO3S. The molecule has 5 heteroatoms. The van der Waals surface area contributed by atoms with Crippen molar-refractivity contribution in [3.8, 4) is 0 Å². The lowest BCUT2D eigenvalue weighted by Crippen LogP contribution is -2.50. The van der Waals surface area contributed by atoms with Crippen molar-refractivity contribution in [2.45, 2.75) is 62.4 Å². The normalized spacial score (nSPS) is 17.9. The topological polar surface area (TPSA) is 62.5 Å². The van der Waals surface area contributed by atoms with E-state index in [9.17, 15) is 9.90 Å². The molecule has 0 amide bonds. The Morgan fingerprint density at radius 3 is 2.85 bits per heavy atom. The molecule has 0 spiro atoms. The third-order valence-electron chi connectivity index (χ3n) is 3.71. The molecule has 1 fully saturated rings. The number of hydrogen-bond donors (Lipinski definition) is 2. The summed E-state index contributed by atoms with van der Waals surface area (Å²) in [6, 6.07) is 2.40. The SMILES string of the molecule is Cc1occc1SCCCCC(C)(NC1CC1)C(=O)O. The van der Waals surface area contributed by atoms with Gasteiger partial charge < -0.3 is 9.52 Å². The van der Waals surface area contributed by atoms with E-state index in [0.29, 0.717) is 12.5 Å². The summed E-state index contributed by atoms with van der Waals surface area (Å²) in [5.74, 6) is 1.22. The van der Waals surface area contributed by atoms with Gasteiger partial charge in [0.15, 0.2) is 0 Å². The highest BCUT2D eigenvalue weighted by Gasteiger charge is 2.37. The van der Waals surface area contributed by atoms with Crippen LogP contribution in [0.2, 0.25) is 0 Å². The largest absolute Gasteiger partial charge is 0.480 e. The van der Waals surface area contributed by atoms with Crippen molar-refractivity contribution in [3.05, 3.63) is 18.1 Å². The number of nitrogens with one attached hydrogen (secondary N) is 1. The maximum atomic E-state index is 11.4. The molecule has 1 aliphatic carbocycles. The van der Waals surface area contributed by atoms with Gasteiger partial charge in [-0.1, -0.05) is 6.42 Å². The monoisotopic (exact) mass is 297 g/mol. The lowest BCUT2D eigenvalue weighted by molar-refractivity contribution is -0.144. The van der Waals surface area contributed by atoms with Crippen molar-refractivity contribution in [2.75, 3.05) is 5.75 Å². The molecule has 1 heterocycles. The number of aliphatic carboxylic acids is 1. The molecule has 1 aromatic heterocycles. The number of hydrogen-bond acceptors (Lipinski definition) is 4. The summed E-state index contributed by atoms with van der Waals surface area (Å²) in [6.07, 6.45) is 6.55. The zero-order valence-electron chi connectivity index (χ0n) is 12.1. The van der Waals surface area contributed by atoms with Crippen LogP contribution in [0.5, 0.6) is 0 Å². The molecule has 0 aliphatic heterocycles. The van der Waals surface area contributed by atoms with Crippen LogP contribution in [0, 0.1) is 6.92 Å². The molecule has 0 saturated heterocycles. The summed E-state index contributed by atoms with van der Waals surface area (Å²) in [5, 5.41) is 12.6. The molecule has 1 aromatic rings. The Labute approximate surface area is 124 Å². The van der Waals surface area contributed by atoms with Crippen LogP contribution < -0.4 is 5.32 Å². The number of furan rings is 1. The Bertz CT molecular complexity index is 456. The molecule has 20 heavy (non-hydrogen) atoms. The van der Waals surface area contributed by atoms with E-state index >= 15 is 0 Å². The zero-order chi connectivity index (χ0) is 14.6. The van der Waals surface area contributed by atoms with Crippen molar-refractivity contribution in [1.82, 2.24) is 5.32 Å². The van der Waals surface area contributed by atoms with Crippen LogP contribution in [0.3, 0.4) is 0 Å². The number of thioether (sulfide) groups is 1. The summed E-state index contributed by atoms with van der Waals surface area (Å²) in [4.78, 5) is 12.6. The fraction of sp³-hybridized carbons (Fsp3) is 0.667.